The van der Waals surface area contributed by atoms with E-state index < -0.39 is 0 Å². The molecule has 0 radical (unpaired) electrons. The number of hydrogen-bond acceptors (Lipinski definition) is 3. The molecule has 1 aromatic rings. The van der Waals surface area contributed by atoms with Crippen LogP contribution in [0.3, 0.4) is 0 Å². The van der Waals surface area contributed by atoms with Gasteiger partial charge < -0.3 is 4.74 Å². The van der Waals surface area contributed by atoms with Gasteiger partial charge in [0, 0.05) is 18.3 Å². The molecule has 0 N–H and O–H groups in total. The van der Waals surface area contributed by atoms with Gasteiger partial charge in [-0.2, -0.15) is 0 Å². The zero-order valence-corrected chi connectivity index (χ0v) is 10.9. The van der Waals surface area contributed by atoms with Crippen LogP contribution in [0.1, 0.15) is 48.5 Å². The number of rotatable bonds is 3. The highest BCUT2D eigenvalue weighted by atomic mass is 16.5. The van der Waals surface area contributed by atoms with Gasteiger partial charge in [-0.1, -0.05) is 19.1 Å². The molecule has 96 valence electrons. The average molecular weight is 246 g/mol. The van der Waals surface area contributed by atoms with Gasteiger partial charge in [0.2, 0.25) is 0 Å². The van der Waals surface area contributed by atoms with Gasteiger partial charge in [0.1, 0.15) is 5.78 Å². The van der Waals surface area contributed by atoms with E-state index in [2.05, 4.69) is 11.7 Å². The maximum atomic E-state index is 11.5. The summed E-state index contributed by atoms with van der Waals surface area (Å²) >= 11 is 0. The number of hydrogen-bond donors (Lipinski definition) is 0. The highest BCUT2D eigenvalue weighted by Crippen LogP contribution is 2.42. The fourth-order valence-electron chi connectivity index (χ4n) is 2.76. The molecule has 0 amide bonds. The lowest BCUT2D eigenvalue weighted by Crippen LogP contribution is -2.21. The van der Waals surface area contributed by atoms with Crippen molar-refractivity contribution in [3.63, 3.8) is 0 Å². The first-order valence-corrected chi connectivity index (χ1v) is 6.32. The highest BCUT2D eigenvalue weighted by molar-refractivity contribution is 5.89. The van der Waals surface area contributed by atoms with Crippen molar-refractivity contribution in [1.82, 2.24) is 0 Å². The minimum absolute atomic E-state index is 0.0221. The molecule has 0 bridgehead atoms. The standard InChI is InChI=1S/C15H18O3/c1-3-15(9-8-13(16)10-15)12-6-4-11(5-7-12)14(17)18-2/h4-7H,3,8-10H2,1-2H3/t15-/m1/s1. The normalized spacial score (nSPS) is 23.1. The van der Waals surface area contributed by atoms with E-state index in [1.807, 2.05) is 12.1 Å². The van der Waals surface area contributed by atoms with Crippen molar-refractivity contribution in [1.29, 1.82) is 0 Å². The summed E-state index contributed by atoms with van der Waals surface area (Å²) in [6.07, 6.45) is 3.17. The van der Waals surface area contributed by atoms with Gasteiger partial charge in [-0.3, -0.25) is 4.79 Å². The van der Waals surface area contributed by atoms with E-state index in [0.717, 1.165) is 18.4 Å². The number of methoxy groups -OCH3 is 1. The second-order valence-electron chi connectivity index (χ2n) is 4.92. The molecule has 0 heterocycles. The minimum Gasteiger partial charge on any atom is -0.465 e. The summed E-state index contributed by atoms with van der Waals surface area (Å²) in [5.74, 6) is 0.0171. The predicted octanol–water partition coefficient (Wildman–Crippen LogP) is 2.87. The Hall–Kier alpha value is -1.64. The highest BCUT2D eigenvalue weighted by Gasteiger charge is 2.38. The summed E-state index contributed by atoms with van der Waals surface area (Å²) in [5, 5.41) is 0. The monoisotopic (exact) mass is 246 g/mol. The summed E-state index contributed by atoms with van der Waals surface area (Å²) in [7, 11) is 1.37. The zero-order chi connectivity index (χ0) is 13.2. The summed E-state index contributed by atoms with van der Waals surface area (Å²) in [5.41, 5.74) is 1.69. The first-order chi connectivity index (χ1) is 8.61. The van der Waals surface area contributed by atoms with Crippen LogP contribution in [-0.4, -0.2) is 18.9 Å². The summed E-state index contributed by atoms with van der Waals surface area (Å²) < 4.78 is 4.68. The van der Waals surface area contributed by atoms with Crippen molar-refractivity contribution in [2.24, 2.45) is 0 Å². The Morgan fingerprint density at radius 3 is 2.44 bits per heavy atom. The Kier molecular flexibility index (Phi) is 3.50. The van der Waals surface area contributed by atoms with Crippen LogP contribution >= 0.6 is 0 Å². The van der Waals surface area contributed by atoms with Gasteiger partial charge >= 0.3 is 5.97 Å². The molecule has 18 heavy (non-hydrogen) atoms. The van der Waals surface area contributed by atoms with E-state index in [1.54, 1.807) is 12.1 Å². The third kappa shape index (κ3) is 2.17. The second-order valence-corrected chi connectivity index (χ2v) is 4.92. The molecular weight excluding hydrogens is 228 g/mol. The van der Waals surface area contributed by atoms with E-state index in [0.29, 0.717) is 24.2 Å². The lowest BCUT2D eigenvalue weighted by atomic mass is 9.76. The first-order valence-electron chi connectivity index (χ1n) is 6.32. The Balaban J connectivity index is 2.28. The van der Waals surface area contributed by atoms with E-state index in [-0.39, 0.29) is 11.4 Å². The fraction of sp³-hybridized carbons (Fsp3) is 0.467. The lowest BCUT2D eigenvalue weighted by molar-refractivity contribution is -0.117. The molecule has 0 aliphatic heterocycles. The number of carbonyl (C=O) groups excluding carboxylic acids is 2. The molecule has 0 aromatic heterocycles. The van der Waals surface area contributed by atoms with Gasteiger partial charge in [0.25, 0.3) is 0 Å². The van der Waals surface area contributed by atoms with Crippen molar-refractivity contribution in [3.05, 3.63) is 35.4 Å². The molecule has 0 saturated heterocycles. The quantitative estimate of drug-likeness (QED) is 0.770. The fourth-order valence-corrected chi connectivity index (χ4v) is 2.76. The van der Waals surface area contributed by atoms with Gasteiger partial charge in [-0.25, -0.2) is 4.79 Å². The Morgan fingerprint density at radius 1 is 1.33 bits per heavy atom. The molecule has 1 fully saturated rings. The third-order valence-electron chi connectivity index (χ3n) is 4.01. The molecule has 1 aliphatic rings. The molecule has 2 rings (SSSR count). The maximum Gasteiger partial charge on any atom is 0.337 e. The number of carbonyl (C=O) groups is 2. The Labute approximate surface area is 107 Å². The zero-order valence-electron chi connectivity index (χ0n) is 10.9. The van der Waals surface area contributed by atoms with E-state index in [4.69, 9.17) is 0 Å². The number of benzene rings is 1. The number of ether oxygens (including phenoxy) is 1. The molecule has 1 atom stereocenters. The maximum absolute atomic E-state index is 11.5. The molecule has 3 heteroatoms. The number of esters is 1. The van der Waals surface area contributed by atoms with Gasteiger partial charge in [0.05, 0.1) is 12.7 Å². The van der Waals surface area contributed by atoms with Crippen molar-refractivity contribution in [3.8, 4) is 0 Å². The summed E-state index contributed by atoms with van der Waals surface area (Å²) in [4.78, 5) is 22.9. The van der Waals surface area contributed by atoms with Crippen molar-refractivity contribution in [2.75, 3.05) is 7.11 Å². The van der Waals surface area contributed by atoms with Crippen molar-refractivity contribution >= 4 is 11.8 Å². The second kappa shape index (κ2) is 4.92. The van der Waals surface area contributed by atoms with Crippen LogP contribution in [0, 0.1) is 0 Å². The summed E-state index contributed by atoms with van der Waals surface area (Å²) in [6, 6.07) is 7.46. The topological polar surface area (TPSA) is 43.4 Å². The predicted molar refractivity (Wildman–Crippen MR) is 68.6 cm³/mol. The molecule has 0 unspecified atom stereocenters. The van der Waals surface area contributed by atoms with Crippen LogP contribution < -0.4 is 0 Å². The van der Waals surface area contributed by atoms with Crippen LogP contribution in [-0.2, 0) is 14.9 Å². The van der Waals surface area contributed by atoms with E-state index in [9.17, 15) is 9.59 Å². The first kappa shape index (κ1) is 12.8. The Bertz CT molecular complexity index is 461. The van der Waals surface area contributed by atoms with Crippen LogP contribution in [0.15, 0.2) is 24.3 Å². The lowest BCUT2D eigenvalue weighted by Gasteiger charge is -2.27. The molecule has 1 aliphatic carbocycles. The van der Waals surface area contributed by atoms with Gasteiger partial charge in [0.15, 0.2) is 0 Å². The SMILES string of the molecule is CC[C@@]1(c2ccc(C(=O)OC)cc2)CCC(=O)C1. The Morgan fingerprint density at radius 2 is 2.00 bits per heavy atom. The van der Waals surface area contributed by atoms with Crippen LogP contribution in [0.4, 0.5) is 0 Å². The van der Waals surface area contributed by atoms with Crippen molar-refractivity contribution in [2.45, 2.75) is 38.0 Å². The minimum atomic E-state index is -0.324. The molecule has 3 nitrogen and oxygen atoms in total. The average Bonchev–Trinajstić information content (AvgIpc) is 2.81. The smallest absolute Gasteiger partial charge is 0.337 e. The van der Waals surface area contributed by atoms with Gasteiger partial charge in [-0.15, -0.1) is 0 Å². The number of ketones is 1. The largest absolute Gasteiger partial charge is 0.465 e. The third-order valence-corrected chi connectivity index (χ3v) is 4.01. The van der Waals surface area contributed by atoms with E-state index >= 15 is 0 Å². The van der Waals surface area contributed by atoms with Crippen LogP contribution in [0.25, 0.3) is 0 Å². The molecule has 1 saturated carbocycles. The van der Waals surface area contributed by atoms with Crippen LogP contribution in [0.5, 0.6) is 0 Å². The number of Topliss-reactive ketones (excluding diaryl/α,β-unsaturated/α-hetero) is 1. The van der Waals surface area contributed by atoms with E-state index in [1.165, 1.54) is 7.11 Å². The van der Waals surface area contributed by atoms with Gasteiger partial charge in [-0.05, 0) is 30.5 Å². The molecule has 1 aromatic carbocycles. The molecular formula is C15H18O3. The van der Waals surface area contributed by atoms with Crippen LogP contribution in [0.2, 0.25) is 0 Å². The molecule has 0 spiro atoms. The summed E-state index contributed by atoms with van der Waals surface area (Å²) in [6.45, 7) is 2.12. The van der Waals surface area contributed by atoms with Crippen molar-refractivity contribution < 1.29 is 14.3 Å².